The van der Waals surface area contributed by atoms with Crippen LogP contribution in [0, 0.1) is 7.40 Å². The number of hydrogen-bond donors (Lipinski definition) is 4. The van der Waals surface area contributed by atoms with E-state index >= 15 is 0 Å². The zero-order valence-electron chi connectivity index (χ0n) is 13.3. The fourth-order valence-electron chi connectivity index (χ4n) is 2.00. The van der Waals surface area contributed by atoms with Gasteiger partial charge in [-0.05, 0) is 64.4 Å². The van der Waals surface area contributed by atoms with Crippen molar-refractivity contribution in [1.29, 1.82) is 0 Å². The van der Waals surface area contributed by atoms with E-state index in [9.17, 15) is 0 Å². The number of aromatic amines is 2. The number of fused-ring (bicyclic) bond motifs is 2. The topological polar surface area (TPSA) is 121 Å². The number of nitrogens with one attached hydrogen (secondary N) is 3. The molecule has 4 rings (SSSR count). The van der Waals surface area contributed by atoms with E-state index in [0.29, 0.717) is 5.15 Å². The summed E-state index contributed by atoms with van der Waals surface area (Å²) in [5, 5.41) is 19.3. The minimum Gasteiger partial charge on any atom is -0.373 e. The molecule has 11 heteroatoms. The monoisotopic (exact) mass is 584 g/mol. The quantitative estimate of drug-likeness (QED) is 0.201. The van der Waals surface area contributed by atoms with Gasteiger partial charge in [0, 0.05) is 19.4 Å². The third kappa shape index (κ3) is 4.48. The molecular weight excluding hydrogens is 569 g/mol. The number of rotatable bonds is 1. The number of halogens is 3. The highest BCUT2D eigenvalue weighted by Gasteiger charge is 2.07. The molecule has 132 valence electrons. The molecule has 0 aromatic carbocycles. The van der Waals surface area contributed by atoms with Crippen LogP contribution in [0.1, 0.15) is 0 Å². The highest BCUT2D eigenvalue weighted by molar-refractivity contribution is 14.1. The average molecular weight is 585 g/mol. The molecule has 0 atom stereocenters. The first-order valence-electron chi connectivity index (χ1n) is 7.00. The van der Waals surface area contributed by atoms with Crippen molar-refractivity contribution in [2.75, 3.05) is 19.4 Å². The molecule has 0 bridgehead atoms. The van der Waals surface area contributed by atoms with Gasteiger partial charge in [-0.1, -0.05) is 11.6 Å². The molecule has 4 aromatic rings. The molecule has 0 aliphatic rings. The van der Waals surface area contributed by atoms with Gasteiger partial charge in [-0.3, -0.25) is 10.2 Å². The van der Waals surface area contributed by atoms with Gasteiger partial charge >= 0.3 is 0 Å². The first-order chi connectivity index (χ1) is 12.1. The molecule has 0 radical (unpaired) electrons. The van der Waals surface area contributed by atoms with Crippen molar-refractivity contribution < 1.29 is 0 Å². The lowest BCUT2D eigenvalue weighted by molar-refractivity contribution is 1.09. The van der Waals surface area contributed by atoms with Crippen LogP contribution in [0.2, 0.25) is 5.15 Å². The van der Waals surface area contributed by atoms with Gasteiger partial charge in [0.2, 0.25) is 0 Å². The summed E-state index contributed by atoms with van der Waals surface area (Å²) in [5.74, 6) is 0.866. The zero-order valence-corrected chi connectivity index (χ0v) is 18.4. The van der Waals surface area contributed by atoms with Gasteiger partial charge in [0.25, 0.3) is 0 Å². The van der Waals surface area contributed by atoms with E-state index in [1.54, 1.807) is 12.4 Å². The summed E-state index contributed by atoms with van der Waals surface area (Å²) >= 11 is 10.2. The van der Waals surface area contributed by atoms with Crippen LogP contribution >= 0.6 is 56.8 Å². The molecule has 5 N–H and O–H groups in total. The summed E-state index contributed by atoms with van der Waals surface area (Å²) in [5.41, 5.74) is 6.30. The molecule has 0 spiro atoms. The van der Waals surface area contributed by atoms with E-state index < -0.39 is 0 Å². The Morgan fingerprint density at radius 1 is 0.960 bits per heavy atom. The third-order valence-electron chi connectivity index (χ3n) is 3.04. The summed E-state index contributed by atoms with van der Waals surface area (Å²) in [7, 11) is 3.35. The van der Waals surface area contributed by atoms with E-state index in [0.717, 1.165) is 35.0 Å². The zero-order chi connectivity index (χ0) is 18.4. The second kappa shape index (κ2) is 9.45. The molecule has 0 fully saturated rings. The lowest BCUT2D eigenvalue weighted by atomic mass is 10.3. The van der Waals surface area contributed by atoms with E-state index in [2.05, 4.69) is 86.6 Å². The number of nitrogens with two attached hydrogens (primary N) is 1. The first-order valence-corrected chi connectivity index (χ1v) is 9.53. The maximum absolute atomic E-state index is 5.83. The average Bonchev–Trinajstić information content (AvgIpc) is 3.22. The van der Waals surface area contributed by atoms with Crippen molar-refractivity contribution in [1.82, 2.24) is 30.4 Å². The number of aromatic nitrogens is 6. The second-order valence-corrected chi connectivity index (χ2v) is 6.89. The van der Waals surface area contributed by atoms with Crippen molar-refractivity contribution in [2.45, 2.75) is 0 Å². The smallest absolute Gasteiger partial charge is 0.141 e. The molecule has 25 heavy (non-hydrogen) atoms. The Hall–Kier alpha value is -1.25. The van der Waals surface area contributed by atoms with Crippen molar-refractivity contribution in [2.24, 2.45) is 5.73 Å². The van der Waals surface area contributed by atoms with Crippen LogP contribution in [0.3, 0.4) is 0 Å². The standard InChI is InChI=1S/C7H7IN4.C6H3ClIN3.CH5N/c1-9-7-5-4(2-3-10-7)11-12-6(5)8;7-5-4-3(1-2-9-5)10-11-6(4)8;1-2/h2-3H,1H3,(H,9,10)(H,11,12);1-2H,(H,10,11);2H2,1H3. The van der Waals surface area contributed by atoms with E-state index in [-0.39, 0.29) is 0 Å². The molecule has 0 amide bonds. The van der Waals surface area contributed by atoms with Gasteiger partial charge in [-0.2, -0.15) is 10.2 Å². The summed E-state index contributed by atoms with van der Waals surface area (Å²) in [6, 6.07) is 3.70. The van der Waals surface area contributed by atoms with Gasteiger partial charge in [-0.25, -0.2) is 9.97 Å². The molecule has 8 nitrogen and oxygen atoms in total. The summed E-state index contributed by atoms with van der Waals surface area (Å²) < 4.78 is 1.94. The molecular formula is C14H15ClI2N8. The molecule has 0 saturated carbocycles. The predicted octanol–water partition coefficient (Wildman–Crippen LogP) is 3.40. The second-order valence-electron chi connectivity index (χ2n) is 4.37. The highest BCUT2D eigenvalue weighted by atomic mass is 127. The fourth-order valence-corrected chi connectivity index (χ4v) is 3.72. The number of H-pyrrole nitrogens is 2. The molecule has 4 heterocycles. The fraction of sp³-hybridized carbons (Fsp3) is 0.143. The van der Waals surface area contributed by atoms with E-state index in [1.165, 1.54) is 7.05 Å². The van der Waals surface area contributed by atoms with Gasteiger partial charge in [0.1, 0.15) is 18.4 Å². The maximum atomic E-state index is 5.83. The Kier molecular flexibility index (Phi) is 7.58. The highest BCUT2D eigenvalue weighted by Crippen LogP contribution is 2.24. The maximum Gasteiger partial charge on any atom is 0.141 e. The Morgan fingerprint density at radius 2 is 1.48 bits per heavy atom. The van der Waals surface area contributed by atoms with Crippen molar-refractivity contribution in [3.8, 4) is 0 Å². The lowest BCUT2D eigenvalue weighted by Crippen LogP contribution is -1.92. The van der Waals surface area contributed by atoms with Crippen molar-refractivity contribution in [3.63, 3.8) is 0 Å². The minimum absolute atomic E-state index is 0.501. The van der Waals surface area contributed by atoms with Gasteiger partial charge < -0.3 is 11.1 Å². The van der Waals surface area contributed by atoms with Crippen LogP contribution in [0.5, 0.6) is 0 Å². The van der Waals surface area contributed by atoms with E-state index in [1.807, 2.05) is 19.2 Å². The number of nitrogens with zero attached hydrogens (tertiary/aromatic N) is 4. The predicted molar refractivity (Wildman–Crippen MR) is 118 cm³/mol. The molecule has 0 unspecified atom stereocenters. The van der Waals surface area contributed by atoms with Gasteiger partial charge in [-0.15, -0.1) is 0 Å². The molecule has 0 saturated heterocycles. The lowest BCUT2D eigenvalue weighted by Gasteiger charge is -1.98. The summed E-state index contributed by atoms with van der Waals surface area (Å²) in [4.78, 5) is 8.12. The Labute approximate surface area is 176 Å². The van der Waals surface area contributed by atoms with Crippen LogP contribution in [-0.4, -0.2) is 44.5 Å². The van der Waals surface area contributed by atoms with Gasteiger partial charge in [0.15, 0.2) is 0 Å². The largest absolute Gasteiger partial charge is 0.373 e. The van der Waals surface area contributed by atoms with Crippen molar-refractivity contribution in [3.05, 3.63) is 37.1 Å². The molecule has 0 aliphatic heterocycles. The first kappa shape index (κ1) is 20.1. The van der Waals surface area contributed by atoms with Crippen LogP contribution in [0.15, 0.2) is 24.5 Å². The Morgan fingerprint density at radius 3 is 2.04 bits per heavy atom. The Bertz CT molecular complexity index is 968. The van der Waals surface area contributed by atoms with Crippen LogP contribution < -0.4 is 11.1 Å². The number of hydrogen-bond acceptors (Lipinski definition) is 6. The minimum atomic E-state index is 0.501. The Balaban J connectivity index is 0.000000165. The third-order valence-corrected chi connectivity index (χ3v) is 4.88. The number of anilines is 1. The number of pyridine rings is 2. The van der Waals surface area contributed by atoms with Crippen LogP contribution in [-0.2, 0) is 0 Å². The summed E-state index contributed by atoms with van der Waals surface area (Å²) in [6.07, 6.45) is 3.38. The van der Waals surface area contributed by atoms with Crippen molar-refractivity contribution >= 4 is 84.4 Å². The normalized spacial score (nSPS) is 10.0. The summed E-state index contributed by atoms with van der Waals surface area (Å²) in [6.45, 7) is 0. The van der Waals surface area contributed by atoms with Crippen LogP contribution in [0.25, 0.3) is 21.8 Å². The SMILES string of the molecule is CN.CNc1nccc2n[nH]c(I)c12.Clc1nccc2n[nH]c(I)c12. The molecule has 4 aromatic heterocycles. The van der Waals surface area contributed by atoms with Gasteiger partial charge in [0.05, 0.1) is 21.8 Å². The molecule has 0 aliphatic carbocycles. The van der Waals surface area contributed by atoms with Crippen LogP contribution in [0.4, 0.5) is 5.82 Å². The van der Waals surface area contributed by atoms with E-state index in [4.69, 9.17) is 11.6 Å².